The van der Waals surface area contributed by atoms with Gasteiger partial charge in [-0.15, -0.1) is 0 Å². The van der Waals surface area contributed by atoms with E-state index in [9.17, 15) is 17.6 Å². The molecule has 0 bridgehead atoms. The van der Waals surface area contributed by atoms with E-state index in [-0.39, 0.29) is 11.2 Å². The number of hydrogen-bond acceptors (Lipinski definition) is 4. The van der Waals surface area contributed by atoms with Crippen LogP contribution in [0.2, 0.25) is 0 Å². The molecule has 2 atom stereocenters. The maximum absolute atomic E-state index is 13.8. The Kier molecular flexibility index (Phi) is 7.19. The largest absolute Gasteiger partial charge is 0.490 e. The van der Waals surface area contributed by atoms with E-state index in [1.165, 1.54) is 6.07 Å². The number of carboxylic acids is 1. The van der Waals surface area contributed by atoms with Gasteiger partial charge in [-0.1, -0.05) is 18.2 Å². The third kappa shape index (κ3) is 5.63. The highest BCUT2D eigenvalue weighted by molar-refractivity contribution is 5.73. The number of carbonyl (C=O) groups is 1. The van der Waals surface area contributed by atoms with E-state index in [0.717, 1.165) is 44.7 Å². The molecule has 1 aromatic carbocycles. The molecule has 2 fully saturated rings. The van der Waals surface area contributed by atoms with Crippen LogP contribution in [0.3, 0.4) is 0 Å². The number of piperidine rings is 1. The number of methoxy groups -OCH3 is 1. The van der Waals surface area contributed by atoms with Gasteiger partial charge in [0.05, 0.1) is 12.7 Å². The van der Waals surface area contributed by atoms with Crippen LogP contribution in [-0.2, 0) is 20.8 Å². The van der Waals surface area contributed by atoms with Crippen LogP contribution < -0.4 is 0 Å². The van der Waals surface area contributed by atoms with Crippen molar-refractivity contribution < 1.29 is 36.9 Å². The van der Waals surface area contributed by atoms with Crippen molar-refractivity contribution in [2.45, 2.75) is 31.7 Å². The summed E-state index contributed by atoms with van der Waals surface area (Å²) in [4.78, 5) is 11.2. The normalized spacial score (nSPS) is 25.4. The van der Waals surface area contributed by atoms with Gasteiger partial charge in [0.25, 0.3) is 0 Å². The molecule has 3 rings (SSSR count). The lowest BCUT2D eigenvalue weighted by Gasteiger charge is -2.43. The van der Waals surface area contributed by atoms with Crippen LogP contribution in [0.25, 0.3) is 0 Å². The van der Waals surface area contributed by atoms with Gasteiger partial charge in [0.1, 0.15) is 5.82 Å². The highest BCUT2D eigenvalue weighted by Gasteiger charge is 2.47. The topological polar surface area (TPSA) is 59.0 Å². The molecule has 0 unspecified atom stereocenters. The van der Waals surface area contributed by atoms with Crippen LogP contribution in [0.5, 0.6) is 0 Å². The summed E-state index contributed by atoms with van der Waals surface area (Å²) < 4.78 is 56.8. The molecule has 2 saturated heterocycles. The predicted octanol–water partition coefficient (Wildman–Crippen LogP) is 3.09. The van der Waals surface area contributed by atoms with Crippen molar-refractivity contribution in [3.8, 4) is 0 Å². The Morgan fingerprint density at radius 3 is 2.67 bits per heavy atom. The van der Waals surface area contributed by atoms with Crippen LogP contribution in [0.15, 0.2) is 24.3 Å². The summed E-state index contributed by atoms with van der Waals surface area (Å²) in [5.41, 5.74) is 0.871. The van der Waals surface area contributed by atoms with Crippen LogP contribution in [0.4, 0.5) is 17.6 Å². The van der Waals surface area contributed by atoms with E-state index >= 15 is 0 Å². The Balaban J connectivity index is 0.000000321. The van der Waals surface area contributed by atoms with Gasteiger partial charge in [-0.25, -0.2) is 9.18 Å². The number of carboxylic acid groups (broad SMARTS) is 1. The number of ether oxygens (including phenoxy) is 2. The average molecular weight is 393 g/mol. The molecule has 0 aliphatic carbocycles. The smallest absolute Gasteiger partial charge is 0.475 e. The number of rotatable bonds is 4. The molecule has 1 N–H and O–H groups in total. The summed E-state index contributed by atoms with van der Waals surface area (Å²) >= 11 is 0. The molecule has 27 heavy (non-hydrogen) atoms. The zero-order valence-electron chi connectivity index (χ0n) is 15.0. The van der Waals surface area contributed by atoms with Crippen LogP contribution in [0.1, 0.15) is 18.4 Å². The second kappa shape index (κ2) is 8.99. The fraction of sp³-hybridized carbons (Fsp3) is 0.611. The first-order valence-corrected chi connectivity index (χ1v) is 8.54. The maximum Gasteiger partial charge on any atom is 0.490 e. The standard InChI is InChI=1S/C16H22FNO2.C2HF3O2/c1-19-12-16-7-9-20-15(16)6-8-18(11-16)10-13-4-2-3-5-14(13)17;3-2(4,5)1(6)7/h2-5,15H,6-12H2,1H3;(H,6,7)/t15-,16+;/m1./s1. The van der Waals surface area contributed by atoms with Gasteiger partial charge in [-0.05, 0) is 18.9 Å². The Labute approximate surface area is 154 Å². The number of fused-ring (bicyclic) bond motifs is 1. The van der Waals surface area contributed by atoms with Crippen molar-refractivity contribution in [2.24, 2.45) is 5.41 Å². The number of likely N-dealkylation sites (tertiary alicyclic amines) is 1. The SMILES string of the molecule is COC[C@@]12CCO[C@@H]1CCN(Cc1ccccc1F)C2.O=C(O)C(F)(F)F. The molecule has 0 aromatic heterocycles. The highest BCUT2D eigenvalue weighted by atomic mass is 19.4. The molecule has 0 amide bonds. The summed E-state index contributed by atoms with van der Waals surface area (Å²) in [7, 11) is 1.75. The van der Waals surface area contributed by atoms with Crippen molar-refractivity contribution >= 4 is 5.97 Å². The molecule has 2 heterocycles. The lowest BCUT2D eigenvalue weighted by molar-refractivity contribution is -0.192. The molecule has 2 aliphatic rings. The Bertz CT molecular complexity index is 640. The summed E-state index contributed by atoms with van der Waals surface area (Å²) in [6, 6.07) is 7.04. The summed E-state index contributed by atoms with van der Waals surface area (Å²) in [5.74, 6) is -2.87. The number of benzene rings is 1. The first-order valence-electron chi connectivity index (χ1n) is 8.54. The van der Waals surface area contributed by atoms with Crippen LogP contribution in [0, 0.1) is 11.2 Å². The number of aliphatic carboxylic acids is 1. The minimum absolute atomic E-state index is 0.0955. The van der Waals surface area contributed by atoms with Crippen LogP contribution in [-0.4, -0.2) is 61.7 Å². The molecule has 2 aliphatic heterocycles. The highest BCUT2D eigenvalue weighted by Crippen LogP contribution is 2.41. The fourth-order valence-corrected chi connectivity index (χ4v) is 3.64. The predicted molar refractivity (Wildman–Crippen MR) is 88.7 cm³/mol. The molecule has 1 aromatic rings. The number of alkyl halides is 3. The van der Waals surface area contributed by atoms with E-state index in [0.29, 0.717) is 12.6 Å². The third-order valence-corrected chi connectivity index (χ3v) is 4.87. The summed E-state index contributed by atoms with van der Waals surface area (Å²) in [5, 5.41) is 7.12. The zero-order valence-corrected chi connectivity index (χ0v) is 15.0. The molecule has 0 saturated carbocycles. The van der Waals surface area contributed by atoms with E-state index in [1.54, 1.807) is 13.2 Å². The van der Waals surface area contributed by atoms with Gasteiger partial charge in [0.2, 0.25) is 0 Å². The minimum atomic E-state index is -5.08. The Morgan fingerprint density at radius 1 is 1.41 bits per heavy atom. The average Bonchev–Trinajstić information content (AvgIpc) is 3.00. The fourth-order valence-electron chi connectivity index (χ4n) is 3.64. The maximum atomic E-state index is 13.8. The molecular formula is C18H23F4NO4. The molecule has 0 radical (unpaired) electrons. The van der Waals surface area contributed by atoms with Crippen molar-refractivity contribution in [3.63, 3.8) is 0 Å². The zero-order chi connectivity index (χ0) is 20.1. The lowest BCUT2D eigenvalue weighted by atomic mass is 9.77. The Hall–Kier alpha value is -1.71. The number of halogens is 4. The van der Waals surface area contributed by atoms with Crippen LogP contribution >= 0.6 is 0 Å². The molecule has 0 spiro atoms. The van der Waals surface area contributed by atoms with E-state index < -0.39 is 12.1 Å². The first kappa shape index (κ1) is 21.6. The van der Waals surface area contributed by atoms with Crippen molar-refractivity contribution in [2.75, 3.05) is 33.4 Å². The van der Waals surface area contributed by atoms with Gasteiger partial charge in [0, 0.05) is 44.3 Å². The van der Waals surface area contributed by atoms with Crippen molar-refractivity contribution in [1.29, 1.82) is 0 Å². The van der Waals surface area contributed by atoms with Gasteiger partial charge < -0.3 is 14.6 Å². The monoisotopic (exact) mass is 393 g/mol. The quantitative estimate of drug-likeness (QED) is 0.797. The second-order valence-electron chi connectivity index (χ2n) is 6.80. The number of hydrogen-bond donors (Lipinski definition) is 1. The van der Waals surface area contributed by atoms with Crippen molar-refractivity contribution in [1.82, 2.24) is 4.90 Å². The van der Waals surface area contributed by atoms with Gasteiger partial charge >= 0.3 is 12.1 Å². The molecular weight excluding hydrogens is 370 g/mol. The number of nitrogens with zero attached hydrogens (tertiary/aromatic N) is 1. The first-order chi connectivity index (χ1) is 12.7. The van der Waals surface area contributed by atoms with Gasteiger partial charge in [-0.2, -0.15) is 13.2 Å². The Morgan fingerprint density at radius 2 is 2.07 bits per heavy atom. The third-order valence-electron chi connectivity index (χ3n) is 4.87. The lowest BCUT2D eigenvalue weighted by Crippen LogP contribution is -2.51. The van der Waals surface area contributed by atoms with Crippen molar-refractivity contribution in [3.05, 3.63) is 35.6 Å². The van der Waals surface area contributed by atoms with Gasteiger partial charge in [0.15, 0.2) is 0 Å². The van der Waals surface area contributed by atoms with Gasteiger partial charge in [-0.3, -0.25) is 4.90 Å². The summed E-state index contributed by atoms with van der Waals surface area (Å²) in [6.45, 7) is 4.11. The molecule has 9 heteroatoms. The van der Waals surface area contributed by atoms with E-state index in [1.807, 2.05) is 12.1 Å². The van der Waals surface area contributed by atoms with E-state index in [4.69, 9.17) is 19.4 Å². The summed E-state index contributed by atoms with van der Waals surface area (Å²) in [6.07, 6.45) is -2.73. The minimum Gasteiger partial charge on any atom is -0.475 e. The second-order valence-corrected chi connectivity index (χ2v) is 6.80. The molecule has 152 valence electrons. The van der Waals surface area contributed by atoms with E-state index in [2.05, 4.69) is 4.90 Å². The molecule has 5 nitrogen and oxygen atoms in total.